The zero-order chi connectivity index (χ0) is 19.7. The van der Waals surface area contributed by atoms with Crippen LogP contribution in [0.25, 0.3) is 22.0 Å². The lowest BCUT2D eigenvalue weighted by molar-refractivity contribution is -0.398. The van der Waals surface area contributed by atoms with E-state index >= 15 is 0 Å². The largest absolute Gasteiger partial charge is 0.865 e. The van der Waals surface area contributed by atoms with E-state index in [2.05, 4.69) is 9.97 Å². The maximum atomic E-state index is 12.2. The third kappa shape index (κ3) is 3.71. The molecule has 0 radical (unpaired) electrons. The first-order valence-electron chi connectivity index (χ1n) is 7.40. The second-order valence-electron chi connectivity index (χ2n) is 5.40. The lowest BCUT2D eigenvalue weighted by Gasteiger charge is -2.13. The van der Waals surface area contributed by atoms with Crippen LogP contribution in [0, 0.1) is 10.1 Å². The Hall–Kier alpha value is -3.10. The summed E-state index contributed by atoms with van der Waals surface area (Å²) in [6, 6.07) is 6.99. The van der Waals surface area contributed by atoms with Crippen molar-refractivity contribution in [2.75, 3.05) is 7.11 Å². The van der Waals surface area contributed by atoms with E-state index in [4.69, 9.17) is 27.9 Å². The summed E-state index contributed by atoms with van der Waals surface area (Å²) in [4.78, 5) is 29.2. The number of H-pyrrole nitrogens is 1. The third-order valence-electron chi connectivity index (χ3n) is 3.66. The Balaban J connectivity index is 2.12. The molecule has 1 heterocycles. The molecule has 1 aromatic heterocycles. The van der Waals surface area contributed by atoms with Crippen molar-refractivity contribution in [3.8, 4) is 11.5 Å². The molecule has 3 aromatic rings. The van der Waals surface area contributed by atoms with Gasteiger partial charge in [-0.25, -0.2) is 4.98 Å². The quantitative estimate of drug-likeness (QED) is 0.523. The summed E-state index contributed by atoms with van der Waals surface area (Å²) in [6.07, 6.45) is 1.33. The number of nitrogens with one attached hydrogen (secondary N) is 1. The molecular formula is C17H10Cl2N3O5-. The minimum absolute atomic E-state index is 0.0129. The predicted octanol–water partition coefficient (Wildman–Crippen LogP) is 3.30. The van der Waals surface area contributed by atoms with Gasteiger partial charge in [-0.2, -0.15) is 0 Å². The number of fused-ring (bicyclic) bond motifs is 1. The first-order valence-corrected chi connectivity index (χ1v) is 8.16. The first-order chi connectivity index (χ1) is 12.8. The highest BCUT2D eigenvalue weighted by atomic mass is 35.5. The molecule has 0 atom stereocenters. The number of aromatic nitrogens is 2. The van der Waals surface area contributed by atoms with E-state index in [0.29, 0.717) is 15.9 Å². The molecule has 0 aliphatic carbocycles. The SMILES string of the molecule is COc1cc(/C=C(\Cl)c2nc3ccc(Cl)cc3c(=O)[nH]2)cc([N+](=O)[O-])c1[O-]. The van der Waals surface area contributed by atoms with Crippen LogP contribution < -0.4 is 15.4 Å². The van der Waals surface area contributed by atoms with Crippen LogP contribution in [0.2, 0.25) is 5.02 Å². The Morgan fingerprint density at radius 1 is 1.33 bits per heavy atom. The third-order valence-corrected chi connectivity index (χ3v) is 4.18. The van der Waals surface area contributed by atoms with E-state index in [1.807, 2.05) is 0 Å². The van der Waals surface area contributed by atoms with Crippen molar-refractivity contribution in [3.05, 3.63) is 67.2 Å². The van der Waals surface area contributed by atoms with Crippen molar-refractivity contribution < 1.29 is 14.8 Å². The molecule has 0 unspecified atom stereocenters. The molecule has 8 nitrogen and oxygen atoms in total. The molecule has 0 amide bonds. The summed E-state index contributed by atoms with van der Waals surface area (Å²) in [6.45, 7) is 0. The molecule has 0 spiro atoms. The number of nitro benzene ring substituents is 1. The van der Waals surface area contributed by atoms with E-state index in [9.17, 15) is 20.0 Å². The topological polar surface area (TPSA) is 121 Å². The molecule has 0 aliphatic rings. The van der Waals surface area contributed by atoms with Crippen LogP contribution in [0.5, 0.6) is 11.5 Å². The molecule has 3 rings (SSSR count). The number of nitrogens with zero attached hydrogens (tertiary/aromatic N) is 2. The molecule has 0 saturated carbocycles. The summed E-state index contributed by atoms with van der Waals surface area (Å²) in [5.41, 5.74) is -0.479. The number of hydrogen-bond acceptors (Lipinski definition) is 6. The monoisotopic (exact) mass is 406 g/mol. The normalized spacial score (nSPS) is 11.6. The Morgan fingerprint density at radius 3 is 2.74 bits per heavy atom. The van der Waals surface area contributed by atoms with Gasteiger partial charge in [-0.3, -0.25) is 14.9 Å². The van der Waals surface area contributed by atoms with Crippen LogP contribution in [0.1, 0.15) is 11.4 Å². The fraction of sp³-hybridized carbons (Fsp3) is 0.0588. The van der Waals surface area contributed by atoms with Gasteiger partial charge in [-0.05, 0) is 35.9 Å². The lowest BCUT2D eigenvalue weighted by Crippen LogP contribution is -2.10. The standard InChI is InChI=1S/C17H11Cl2N3O5/c1-27-14-6-8(5-13(15(14)23)22(25)26)4-11(19)16-20-12-3-2-9(18)7-10(12)17(24)21-16/h2-7,23H,1H3,(H,20,21,24)/p-1/b11-4-. The van der Waals surface area contributed by atoms with Gasteiger partial charge in [-0.1, -0.05) is 23.2 Å². The number of ether oxygens (including phenoxy) is 1. The molecule has 10 heteroatoms. The highest BCUT2D eigenvalue weighted by molar-refractivity contribution is 6.50. The van der Waals surface area contributed by atoms with Gasteiger partial charge >= 0.3 is 0 Å². The lowest BCUT2D eigenvalue weighted by atomic mass is 10.1. The Bertz CT molecular complexity index is 1160. The molecule has 27 heavy (non-hydrogen) atoms. The second kappa shape index (κ2) is 7.26. The molecule has 2 aromatic carbocycles. The van der Waals surface area contributed by atoms with Crippen LogP contribution in [0.3, 0.4) is 0 Å². The van der Waals surface area contributed by atoms with Gasteiger partial charge < -0.3 is 14.8 Å². The van der Waals surface area contributed by atoms with E-state index < -0.39 is 21.9 Å². The molecule has 0 bridgehead atoms. The van der Waals surface area contributed by atoms with Crippen LogP contribution in [0.4, 0.5) is 5.69 Å². The molecule has 0 saturated heterocycles. The zero-order valence-corrected chi connectivity index (χ0v) is 15.2. The van der Waals surface area contributed by atoms with Gasteiger partial charge in [0, 0.05) is 16.8 Å². The van der Waals surface area contributed by atoms with Crippen molar-refractivity contribution in [3.63, 3.8) is 0 Å². The summed E-state index contributed by atoms with van der Waals surface area (Å²) in [5, 5.41) is 23.6. The van der Waals surface area contributed by atoms with E-state index in [0.717, 1.165) is 6.07 Å². The average molecular weight is 407 g/mol. The van der Waals surface area contributed by atoms with Crippen LogP contribution in [-0.2, 0) is 0 Å². The average Bonchev–Trinajstić information content (AvgIpc) is 2.63. The fourth-order valence-electron chi connectivity index (χ4n) is 2.42. The number of hydrogen-bond donors (Lipinski definition) is 1. The molecule has 0 aliphatic heterocycles. The molecule has 0 fully saturated rings. The van der Waals surface area contributed by atoms with Crippen LogP contribution in [-0.4, -0.2) is 22.0 Å². The number of aromatic amines is 1. The molecule has 138 valence electrons. The van der Waals surface area contributed by atoms with Crippen LogP contribution in [0.15, 0.2) is 35.1 Å². The molecule has 1 N–H and O–H groups in total. The fourth-order valence-corrected chi connectivity index (χ4v) is 2.81. The maximum Gasteiger partial charge on any atom is 0.266 e. The smallest absolute Gasteiger partial charge is 0.266 e. The zero-order valence-electron chi connectivity index (χ0n) is 13.7. The predicted molar refractivity (Wildman–Crippen MR) is 100 cm³/mol. The second-order valence-corrected chi connectivity index (χ2v) is 6.24. The summed E-state index contributed by atoms with van der Waals surface area (Å²) < 4.78 is 4.88. The van der Waals surface area contributed by atoms with E-state index in [1.54, 1.807) is 12.1 Å². The highest BCUT2D eigenvalue weighted by Gasteiger charge is 2.14. The van der Waals surface area contributed by atoms with Gasteiger partial charge in [-0.15, -0.1) is 0 Å². The van der Waals surface area contributed by atoms with Crippen molar-refractivity contribution >= 4 is 50.9 Å². The number of nitro groups is 1. The Labute approximate surface area is 161 Å². The van der Waals surface area contributed by atoms with E-state index in [-0.39, 0.29) is 22.2 Å². The van der Waals surface area contributed by atoms with Crippen molar-refractivity contribution in [2.24, 2.45) is 0 Å². The number of halogens is 2. The Kier molecular flexibility index (Phi) is 5.02. The molecular weight excluding hydrogens is 397 g/mol. The van der Waals surface area contributed by atoms with Gasteiger partial charge in [0.15, 0.2) is 5.82 Å². The summed E-state index contributed by atoms with van der Waals surface area (Å²) >= 11 is 12.1. The Morgan fingerprint density at radius 2 is 2.07 bits per heavy atom. The van der Waals surface area contributed by atoms with Crippen LogP contribution >= 0.6 is 23.2 Å². The minimum Gasteiger partial charge on any atom is -0.865 e. The highest BCUT2D eigenvalue weighted by Crippen LogP contribution is 2.35. The van der Waals surface area contributed by atoms with Crippen molar-refractivity contribution in [1.29, 1.82) is 0 Å². The number of methoxy groups -OCH3 is 1. The maximum absolute atomic E-state index is 12.2. The number of benzene rings is 2. The summed E-state index contributed by atoms with van der Waals surface area (Å²) in [5.74, 6) is -0.983. The van der Waals surface area contributed by atoms with Gasteiger partial charge in [0.05, 0.1) is 28.0 Å². The van der Waals surface area contributed by atoms with Crippen molar-refractivity contribution in [1.82, 2.24) is 9.97 Å². The summed E-state index contributed by atoms with van der Waals surface area (Å²) in [7, 11) is 1.23. The van der Waals surface area contributed by atoms with Crippen molar-refractivity contribution in [2.45, 2.75) is 0 Å². The minimum atomic E-state index is -0.843. The number of rotatable bonds is 4. The first kappa shape index (κ1) is 18.7. The van der Waals surface area contributed by atoms with Gasteiger partial charge in [0.25, 0.3) is 11.2 Å². The van der Waals surface area contributed by atoms with Gasteiger partial charge in [0.1, 0.15) is 5.75 Å². The van der Waals surface area contributed by atoms with E-state index in [1.165, 1.54) is 25.3 Å². The van der Waals surface area contributed by atoms with Gasteiger partial charge in [0.2, 0.25) is 0 Å².